The van der Waals surface area contributed by atoms with E-state index in [4.69, 9.17) is 4.98 Å². The van der Waals surface area contributed by atoms with Crippen molar-refractivity contribution in [1.82, 2.24) is 15.2 Å². The maximum absolute atomic E-state index is 4.71. The minimum atomic E-state index is 0.372. The van der Waals surface area contributed by atoms with Crippen molar-refractivity contribution < 1.29 is 0 Å². The molecule has 0 unspecified atom stereocenters. The highest BCUT2D eigenvalue weighted by Gasteiger charge is 2.38. The fraction of sp³-hybridized carbons (Fsp3) is 0.471. The summed E-state index contributed by atoms with van der Waals surface area (Å²) in [7, 11) is 4.38. The SMILES string of the molecule is CN(C)C1(CNCc2ccc3ccccc3n2)CCC1. The normalized spacial score (nSPS) is 17.4. The van der Waals surface area contributed by atoms with Crippen LogP contribution in [0, 0.1) is 0 Å². The molecule has 3 nitrogen and oxygen atoms in total. The second-order valence-electron chi connectivity index (χ2n) is 6.07. The molecule has 0 amide bonds. The Kier molecular flexibility index (Phi) is 3.72. The molecule has 20 heavy (non-hydrogen) atoms. The van der Waals surface area contributed by atoms with Gasteiger partial charge in [0.2, 0.25) is 0 Å². The molecule has 1 aromatic heterocycles. The van der Waals surface area contributed by atoms with Crippen LogP contribution in [0.5, 0.6) is 0 Å². The number of pyridine rings is 1. The van der Waals surface area contributed by atoms with Gasteiger partial charge in [0, 0.05) is 24.0 Å². The molecule has 0 atom stereocenters. The molecule has 0 bridgehead atoms. The van der Waals surface area contributed by atoms with E-state index in [1.807, 2.05) is 6.07 Å². The number of hydrogen-bond acceptors (Lipinski definition) is 3. The van der Waals surface area contributed by atoms with E-state index < -0.39 is 0 Å². The molecular formula is C17H23N3. The van der Waals surface area contributed by atoms with Crippen LogP contribution in [-0.2, 0) is 6.54 Å². The Balaban J connectivity index is 1.62. The number of fused-ring (bicyclic) bond motifs is 1. The predicted octanol–water partition coefficient (Wildman–Crippen LogP) is 2.81. The summed E-state index contributed by atoms with van der Waals surface area (Å²) in [6.07, 6.45) is 3.96. The van der Waals surface area contributed by atoms with Crippen molar-refractivity contribution in [3.63, 3.8) is 0 Å². The van der Waals surface area contributed by atoms with E-state index in [1.165, 1.54) is 24.6 Å². The zero-order valence-electron chi connectivity index (χ0n) is 12.4. The van der Waals surface area contributed by atoms with Crippen LogP contribution in [0.2, 0.25) is 0 Å². The molecule has 2 aromatic rings. The van der Waals surface area contributed by atoms with Gasteiger partial charge in [0.25, 0.3) is 0 Å². The van der Waals surface area contributed by atoms with E-state index >= 15 is 0 Å². The molecule has 0 spiro atoms. The van der Waals surface area contributed by atoms with Crippen LogP contribution in [0.25, 0.3) is 10.9 Å². The van der Waals surface area contributed by atoms with Crippen LogP contribution in [0.3, 0.4) is 0 Å². The van der Waals surface area contributed by atoms with Gasteiger partial charge >= 0.3 is 0 Å². The lowest BCUT2D eigenvalue weighted by Crippen LogP contribution is -2.56. The van der Waals surface area contributed by atoms with E-state index in [-0.39, 0.29) is 0 Å². The average molecular weight is 269 g/mol. The number of likely N-dealkylation sites (N-methyl/N-ethyl adjacent to an activating group) is 1. The molecule has 3 heteroatoms. The summed E-state index contributed by atoms with van der Waals surface area (Å²) < 4.78 is 0. The van der Waals surface area contributed by atoms with Crippen molar-refractivity contribution in [3.05, 3.63) is 42.1 Å². The van der Waals surface area contributed by atoms with Crippen LogP contribution < -0.4 is 5.32 Å². The van der Waals surface area contributed by atoms with Crippen LogP contribution in [0.1, 0.15) is 25.0 Å². The molecule has 0 saturated heterocycles. The highest BCUT2D eigenvalue weighted by molar-refractivity contribution is 5.78. The van der Waals surface area contributed by atoms with Gasteiger partial charge in [0.1, 0.15) is 0 Å². The molecule has 106 valence electrons. The Morgan fingerprint density at radius 3 is 2.65 bits per heavy atom. The molecule has 1 N–H and O–H groups in total. The Hall–Kier alpha value is -1.45. The fourth-order valence-corrected chi connectivity index (χ4v) is 3.00. The zero-order valence-corrected chi connectivity index (χ0v) is 12.4. The summed E-state index contributed by atoms with van der Waals surface area (Å²) in [5.74, 6) is 0. The third-order valence-corrected chi connectivity index (χ3v) is 4.65. The molecule has 1 aliphatic carbocycles. The van der Waals surface area contributed by atoms with Crippen LogP contribution in [-0.4, -0.2) is 36.1 Å². The summed E-state index contributed by atoms with van der Waals surface area (Å²) in [5, 5.41) is 4.79. The van der Waals surface area contributed by atoms with Crippen molar-refractivity contribution in [3.8, 4) is 0 Å². The standard InChI is InChI=1S/C17H23N3/c1-20(2)17(10-5-11-17)13-18-12-15-9-8-14-6-3-4-7-16(14)19-15/h3-4,6-9,18H,5,10-13H2,1-2H3. The first-order valence-corrected chi connectivity index (χ1v) is 7.42. The molecule has 1 heterocycles. The lowest BCUT2D eigenvalue weighted by atomic mass is 9.75. The monoisotopic (exact) mass is 269 g/mol. The van der Waals surface area contributed by atoms with Gasteiger partial charge in [0.15, 0.2) is 0 Å². The zero-order chi connectivity index (χ0) is 14.0. The number of rotatable bonds is 5. The molecule has 0 aliphatic heterocycles. The van der Waals surface area contributed by atoms with Gasteiger partial charge in [0.05, 0.1) is 11.2 Å². The maximum Gasteiger partial charge on any atom is 0.0705 e. The quantitative estimate of drug-likeness (QED) is 0.904. The summed E-state index contributed by atoms with van der Waals surface area (Å²) in [6.45, 7) is 1.90. The smallest absolute Gasteiger partial charge is 0.0705 e. The fourth-order valence-electron chi connectivity index (χ4n) is 3.00. The number of hydrogen-bond donors (Lipinski definition) is 1. The maximum atomic E-state index is 4.71. The first kappa shape index (κ1) is 13.5. The van der Waals surface area contributed by atoms with E-state index in [9.17, 15) is 0 Å². The Labute approximate surface area is 121 Å². The van der Waals surface area contributed by atoms with Gasteiger partial charge in [-0.1, -0.05) is 24.3 Å². The molecule has 1 aromatic carbocycles. The topological polar surface area (TPSA) is 28.2 Å². The average Bonchev–Trinajstić information content (AvgIpc) is 2.41. The molecule has 1 aliphatic rings. The largest absolute Gasteiger partial charge is 0.309 e. The molecule has 1 fully saturated rings. The number of nitrogens with zero attached hydrogens (tertiary/aromatic N) is 2. The van der Waals surface area contributed by atoms with E-state index in [1.54, 1.807) is 0 Å². The van der Waals surface area contributed by atoms with Gasteiger partial charge in [-0.2, -0.15) is 0 Å². The third kappa shape index (κ3) is 2.56. The summed E-state index contributed by atoms with van der Waals surface area (Å²) >= 11 is 0. The van der Waals surface area contributed by atoms with Gasteiger partial charge in [-0.15, -0.1) is 0 Å². The van der Waals surface area contributed by atoms with Crippen molar-refractivity contribution in [2.45, 2.75) is 31.3 Å². The van der Waals surface area contributed by atoms with Gasteiger partial charge in [-0.25, -0.2) is 0 Å². The van der Waals surface area contributed by atoms with Gasteiger partial charge < -0.3 is 10.2 Å². The van der Waals surface area contributed by atoms with Crippen LogP contribution >= 0.6 is 0 Å². The highest BCUT2D eigenvalue weighted by Crippen LogP contribution is 2.35. The summed E-state index contributed by atoms with van der Waals surface area (Å²) in [4.78, 5) is 7.08. The Morgan fingerprint density at radius 1 is 1.15 bits per heavy atom. The minimum Gasteiger partial charge on any atom is -0.309 e. The van der Waals surface area contributed by atoms with E-state index in [2.05, 4.69) is 54.6 Å². The first-order chi connectivity index (χ1) is 9.70. The third-order valence-electron chi connectivity index (χ3n) is 4.65. The number of para-hydroxylation sites is 1. The number of aromatic nitrogens is 1. The number of nitrogens with one attached hydrogen (secondary N) is 1. The highest BCUT2D eigenvalue weighted by atomic mass is 15.2. The van der Waals surface area contributed by atoms with Crippen molar-refractivity contribution in [1.29, 1.82) is 0 Å². The lowest BCUT2D eigenvalue weighted by molar-refractivity contribution is 0.0597. The van der Waals surface area contributed by atoms with Gasteiger partial charge in [-0.3, -0.25) is 4.98 Å². The van der Waals surface area contributed by atoms with E-state index in [0.29, 0.717) is 5.54 Å². The second kappa shape index (κ2) is 5.51. The predicted molar refractivity (Wildman–Crippen MR) is 83.7 cm³/mol. The molecule has 1 saturated carbocycles. The second-order valence-corrected chi connectivity index (χ2v) is 6.07. The Morgan fingerprint density at radius 2 is 1.95 bits per heavy atom. The van der Waals surface area contributed by atoms with Crippen LogP contribution in [0.15, 0.2) is 36.4 Å². The number of benzene rings is 1. The molecule has 0 radical (unpaired) electrons. The minimum absolute atomic E-state index is 0.372. The van der Waals surface area contributed by atoms with Crippen molar-refractivity contribution in [2.24, 2.45) is 0 Å². The summed E-state index contributed by atoms with van der Waals surface area (Å²) in [6, 6.07) is 12.6. The lowest BCUT2D eigenvalue weighted by Gasteiger charge is -2.47. The Bertz CT molecular complexity index is 588. The van der Waals surface area contributed by atoms with Crippen molar-refractivity contribution in [2.75, 3.05) is 20.6 Å². The van der Waals surface area contributed by atoms with Gasteiger partial charge in [-0.05, 0) is 45.5 Å². The van der Waals surface area contributed by atoms with Crippen molar-refractivity contribution >= 4 is 10.9 Å². The van der Waals surface area contributed by atoms with E-state index in [0.717, 1.165) is 24.3 Å². The molecular weight excluding hydrogens is 246 g/mol. The van der Waals surface area contributed by atoms with Crippen LogP contribution in [0.4, 0.5) is 0 Å². The molecule has 3 rings (SSSR count). The first-order valence-electron chi connectivity index (χ1n) is 7.42. The summed E-state index contributed by atoms with van der Waals surface area (Å²) in [5.41, 5.74) is 2.58.